The van der Waals surface area contributed by atoms with Gasteiger partial charge in [0.05, 0.1) is 7.11 Å². The Balaban J connectivity index is 1.85. The summed E-state index contributed by atoms with van der Waals surface area (Å²) in [5, 5.41) is 0. The number of carbonyl (C=O) groups excluding carboxylic acids is 2. The van der Waals surface area contributed by atoms with Crippen LogP contribution in [-0.2, 0) is 23.8 Å². The van der Waals surface area contributed by atoms with Crippen LogP contribution < -0.4 is 0 Å². The summed E-state index contributed by atoms with van der Waals surface area (Å²) in [6, 6.07) is 0. The Kier molecular flexibility index (Phi) is 5.35. The topological polar surface area (TPSA) is 61.8 Å². The van der Waals surface area contributed by atoms with E-state index in [4.69, 9.17) is 14.2 Å². The molecule has 0 aromatic rings. The van der Waals surface area contributed by atoms with E-state index in [1.165, 1.54) is 14.2 Å². The molecule has 0 N–H and O–H groups in total. The molecule has 0 spiro atoms. The first-order valence-electron chi connectivity index (χ1n) is 9.68. The number of methoxy groups -OCH3 is 2. The molecule has 1 saturated carbocycles. The van der Waals surface area contributed by atoms with Crippen LogP contribution in [0.15, 0.2) is 35.5 Å². The Labute approximate surface area is 161 Å². The van der Waals surface area contributed by atoms with Crippen LogP contribution >= 0.6 is 0 Å². The fraction of sp³-hybridized carbons (Fsp3) is 0.636. The van der Waals surface area contributed by atoms with Crippen LogP contribution in [0.3, 0.4) is 0 Å². The van der Waals surface area contributed by atoms with Gasteiger partial charge < -0.3 is 14.2 Å². The predicted octanol–water partition coefficient (Wildman–Crippen LogP) is 3.95. The zero-order chi connectivity index (χ0) is 19.8. The minimum absolute atomic E-state index is 0.0384. The highest BCUT2D eigenvalue weighted by molar-refractivity contribution is 5.91. The lowest BCUT2D eigenvalue weighted by Gasteiger charge is -2.56. The van der Waals surface area contributed by atoms with Crippen LogP contribution in [-0.4, -0.2) is 32.4 Å². The molecule has 0 saturated heterocycles. The van der Waals surface area contributed by atoms with Crippen LogP contribution in [0, 0.1) is 22.7 Å². The van der Waals surface area contributed by atoms with E-state index in [1.54, 1.807) is 6.08 Å². The Bertz CT molecular complexity index is 718. The zero-order valence-electron chi connectivity index (χ0n) is 16.9. The molecule has 1 heterocycles. The molecule has 5 atom stereocenters. The van der Waals surface area contributed by atoms with Gasteiger partial charge in [0, 0.05) is 23.7 Å². The number of fused-ring (bicyclic) bond motifs is 1. The Morgan fingerprint density at radius 2 is 2.07 bits per heavy atom. The van der Waals surface area contributed by atoms with Crippen LogP contribution in [0.25, 0.3) is 0 Å². The van der Waals surface area contributed by atoms with Gasteiger partial charge in [0.25, 0.3) is 0 Å². The summed E-state index contributed by atoms with van der Waals surface area (Å²) in [6.45, 7) is 6.75. The molecule has 5 nitrogen and oxygen atoms in total. The quantitative estimate of drug-likeness (QED) is 0.682. The number of carbonyl (C=O) groups is 2. The Hall–Kier alpha value is -1.88. The van der Waals surface area contributed by atoms with Gasteiger partial charge in [-0.25, -0.2) is 9.59 Å². The molecule has 0 aromatic heterocycles. The molecule has 3 rings (SSSR count). The summed E-state index contributed by atoms with van der Waals surface area (Å²) in [5.74, 6) is 0.164. The molecule has 0 amide bonds. The maximum atomic E-state index is 12.4. The minimum Gasteiger partial charge on any atom is -0.466 e. The molecule has 148 valence electrons. The predicted molar refractivity (Wildman–Crippen MR) is 102 cm³/mol. The van der Waals surface area contributed by atoms with E-state index >= 15 is 0 Å². The lowest BCUT2D eigenvalue weighted by molar-refractivity contribution is -0.155. The fourth-order valence-corrected chi connectivity index (χ4v) is 5.19. The zero-order valence-corrected chi connectivity index (χ0v) is 16.9. The van der Waals surface area contributed by atoms with E-state index in [0.29, 0.717) is 17.9 Å². The third-order valence-corrected chi connectivity index (χ3v) is 7.19. The number of rotatable bonds is 5. The van der Waals surface area contributed by atoms with Crippen molar-refractivity contribution in [3.05, 3.63) is 35.5 Å². The highest BCUT2D eigenvalue weighted by Gasteiger charge is 2.54. The maximum Gasteiger partial charge on any atom is 0.336 e. The molecular weight excluding hydrogens is 344 g/mol. The van der Waals surface area contributed by atoms with Gasteiger partial charge in [-0.2, -0.15) is 0 Å². The first kappa shape index (κ1) is 19.9. The molecule has 0 aromatic carbocycles. The van der Waals surface area contributed by atoms with E-state index in [9.17, 15) is 9.59 Å². The van der Waals surface area contributed by atoms with Crippen LogP contribution in [0.4, 0.5) is 0 Å². The van der Waals surface area contributed by atoms with E-state index in [-0.39, 0.29) is 28.7 Å². The SMILES string of the molecule is COC(=O)C1=CC=C[C@H]2[C@](C)(CCC3=C[C@@H](OC)OC3=O)[C@H](C)CC[C@]12C. The van der Waals surface area contributed by atoms with Gasteiger partial charge in [-0.3, -0.25) is 0 Å². The fourth-order valence-electron chi connectivity index (χ4n) is 5.19. The summed E-state index contributed by atoms with van der Waals surface area (Å²) >= 11 is 0. The normalized spacial score (nSPS) is 38.0. The van der Waals surface area contributed by atoms with Gasteiger partial charge in [-0.1, -0.05) is 39.0 Å². The largest absolute Gasteiger partial charge is 0.466 e. The molecule has 3 aliphatic rings. The summed E-state index contributed by atoms with van der Waals surface area (Å²) in [6.07, 6.45) is 10.8. The van der Waals surface area contributed by atoms with E-state index in [2.05, 4.69) is 26.8 Å². The van der Waals surface area contributed by atoms with Gasteiger partial charge in [0.1, 0.15) is 0 Å². The van der Waals surface area contributed by atoms with Crippen LogP contribution in [0.5, 0.6) is 0 Å². The van der Waals surface area contributed by atoms with Crippen molar-refractivity contribution in [2.45, 2.75) is 52.7 Å². The van der Waals surface area contributed by atoms with Crippen molar-refractivity contribution in [3.8, 4) is 0 Å². The molecule has 2 aliphatic carbocycles. The first-order chi connectivity index (χ1) is 12.8. The molecular formula is C22H30O5. The van der Waals surface area contributed by atoms with Crippen LogP contribution in [0.2, 0.25) is 0 Å². The summed E-state index contributed by atoms with van der Waals surface area (Å²) < 4.78 is 15.3. The average Bonchev–Trinajstić information content (AvgIpc) is 3.02. The van der Waals surface area contributed by atoms with Gasteiger partial charge >= 0.3 is 11.9 Å². The third-order valence-electron chi connectivity index (χ3n) is 7.19. The molecule has 0 radical (unpaired) electrons. The van der Waals surface area contributed by atoms with Crippen molar-refractivity contribution in [2.75, 3.05) is 14.2 Å². The Morgan fingerprint density at radius 1 is 1.33 bits per heavy atom. The van der Waals surface area contributed by atoms with Gasteiger partial charge in [-0.05, 0) is 49.0 Å². The maximum absolute atomic E-state index is 12.4. The molecule has 0 bridgehead atoms. The second-order valence-corrected chi connectivity index (χ2v) is 8.50. The minimum atomic E-state index is -0.571. The van der Waals surface area contributed by atoms with Crippen molar-refractivity contribution < 1.29 is 23.8 Å². The second-order valence-electron chi connectivity index (χ2n) is 8.50. The summed E-state index contributed by atoms with van der Waals surface area (Å²) in [5.41, 5.74) is 1.16. The molecule has 1 fully saturated rings. The highest BCUT2D eigenvalue weighted by Crippen LogP contribution is 2.60. The van der Waals surface area contributed by atoms with Crippen molar-refractivity contribution in [1.29, 1.82) is 0 Å². The first-order valence-corrected chi connectivity index (χ1v) is 9.68. The summed E-state index contributed by atoms with van der Waals surface area (Å²) in [7, 11) is 2.97. The molecule has 27 heavy (non-hydrogen) atoms. The third kappa shape index (κ3) is 3.27. The standard InChI is InChI=1S/C22H30O5/c1-14-9-11-22(3)16(20(24)26-5)7-6-8-17(22)21(14,2)12-10-15-13-18(25-4)27-19(15)23/h6-8,13-14,17-18H,9-12H2,1-5H3/t14-,17+,18+,21-,22-/m1/s1. The van der Waals surface area contributed by atoms with Crippen molar-refractivity contribution in [2.24, 2.45) is 22.7 Å². The number of esters is 2. The Morgan fingerprint density at radius 3 is 2.70 bits per heavy atom. The molecule has 5 heteroatoms. The molecule has 1 aliphatic heterocycles. The van der Waals surface area contributed by atoms with E-state index < -0.39 is 6.29 Å². The van der Waals surface area contributed by atoms with Crippen LogP contribution in [0.1, 0.15) is 46.5 Å². The van der Waals surface area contributed by atoms with Gasteiger partial charge in [0.2, 0.25) is 6.29 Å². The summed E-state index contributed by atoms with van der Waals surface area (Å²) in [4.78, 5) is 24.5. The monoisotopic (exact) mass is 374 g/mol. The highest BCUT2D eigenvalue weighted by atomic mass is 16.7. The van der Waals surface area contributed by atoms with Crippen molar-refractivity contribution >= 4 is 11.9 Å². The van der Waals surface area contributed by atoms with Crippen molar-refractivity contribution in [1.82, 2.24) is 0 Å². The number of ether oxygens (including phenoxy) is 3. The number of cyclic esters (lactones) is 1. The van der Waals surface area contributed by atoms with E-state index in [0.717, 1.165) is 24.8 Å². The number of hydrogen-bond acceptors (Lipinski definition) is 5. The van der Waals surface area contributed by atoms with Gasteiger partial charge in [-0.15, -0.1) is 0 Å². The second kappa shape index (κ2) is 7.27. The number of allylic oxidation sites excluding steroid dienone is 3. The van der Waals surface area contributed by atoms with Crippen molar-refractivity contribution in [3.63, 3.8) is 0 Å². The van der Waals surface area contributed by atoms with E-state index in [1.807, 2.05) is 12.2 Å². The number of hydrogen-bond donors (Lipinski definition) is 0. The van der Waals surface area contributed by atoms with Gasteiger partial charge in [0.15, 0.2) is 0 Å². The smallest absolute Gasteiger partial charge is 0.336 e. The lowest BCUT2D eigenvalue weighted by atomic mass is 9.48. The molecule has 0 unspecified atom stereocenters. The lowest BCUT2D eigenvalue weighted by Crippen LogP contribution is -2.50. The average molecular weight is 374 g/mol.